The molecule has 0 radical (unpaired) electrons. The van der Waals surface area contributed by atoms with Crippen molar-refractivity contribution in [2.24, 2.45) is 0 Å². The van der Waals surface area contributed by atoms with Gasteiger partial charge in [0, 0.05) is 18.1 Å². The predicted molar refractivity (Wildman–Crippen MR) is 143 cm³/mol. The fourth-order valence-electron chi connectivity index (χ4n) is 3.81. The third-order valence-electron chi connectivity index (χ3n) is 5.85. The number of benzene rings is 4. The van der Waals surface area contributed by atoms with Crippen molar-refractivity contribution in [3.05, 3.63) is 113 Å². The van der Waals surface area contributed by atoms with Crippen LogP contribution in [0.4, 0.5) is 0 Å². The summed E-state index contributed by atoms with van der Waals surface area (Å²) in [5.74, 6) is -0.758. The number of aliphatic hydroxyl groups is 1. The number of rotatable bonds is 11. The molecular weight excluding hydrogens is 549 g/mol. The fraction of sp³-hybridized carbons (Fsp3) is 0.138. The predicted octanol–water partition coefficient (Wildman–Crippen LogP) is 0.909. The molecule has 0 saturated carbocycles. The van der Waals surface area contributed by atoms with Gasteiger partial charge in [0.25, 0.3) is 0 Å². The van der Waals surface area contributed by atoms with Gasteiger partial charge in [-0.3, -0.25) is 0 Å². The van der Waals surface area contributed by atoms with Gasteiger partial charge < -0.3 is 25.1 Å². The van der Waals surface area contributed by atoms with E-state index in [2.05, 4.69) is 5.32 Å². The van der Waals surface area contributed by atoms with Gasteiger partial charge in [0.1, 0.15) is 12.4 Å². The van der Waals surface area contributed by atoms with E-state index >= 15 is 0 Å². The Bertz CT molecular complexity index is 1510. The van der Waals surface area contributed by atoms with Crippen molar-refractivity contribution in [3.63, 3.8) is 0 Å². The van der Waals surface area contributed by atoms with Crippen molar-refractivity contribution in [1.29, 1.82) is 0 Å². The third kappa shape index (κ3) is 8.16. The van der Waals surface area contributed by atoms with E-state index < -0.39 is 21.9 Å². The molecule has 0 saturated heterocycles. The standard InChI is InChI=1S/C29H26ClNO6S.Na/c30-24-6-2-4-22(18-24)28(32)19-31-15-16-37-25-9-13-27(14-10-25)38(35,36)26-11-7-20(8-12-26)21-3-1-5-23(17-21)29(33)34;/h1-14,17-18,28,31-32H,15-16,19H2,(H,33,34);/q;+1/p-1/t28-;/m0./s1. The van der Waals surface area contributed by atoms with E-state index in [1.807, 2.05) is 0 Å². The van der Waals surface area contributed by atoms with Gasteiger partial charge in [-0.05, 0) is 76.9 Å². The number of halogens is 1. The maximum atomic E-state index is 13.1. The molecule has 0 bridgehead atoms. The largest absolute Gasteiger partial charge is 1.00 e. The van der Waals surface area contributed by atoms with Crippen molar-refractivity contribution in [2.45, 2.75) is 15.9 Å². The molecule has 1 atom stereocenters. The number of aliphatic hydroxyl groups excluding tert-OH is 1. The average Bonchev–Trinajstić information content (AvgIpc) is 2.93. The van der Waals surface area contributed by atoms with Gasteiger partial charge >= 0.3 is 29.6 Å². The molecule has 39 heavy (non-hydrogen) atoms. The van der Waals surface area contributed by atoms with Crippen LogP contribution in [0.15, 0.2) is 107 Å². The van der Waals surface area contributed by atoms with E-state index in [9.17, 15) is 23.4 Å². The van der Waals surface area contributed by atoms with Crippen LogP contribution in [-0.4, -0.2) is 39.2 Å². The molecule has 0 fully saturated rings. The van der Waals surface area contributed by atoms with Gasteiger partial charge in [-0.2, -0.15) is 0 Å². The Morgan fingerprint density at radius 3 is 2.18 bits per heavy atom. The van der Waals surface area contributed by atoms with E-state index in [1.54, 1.807) is 60.7 Å². The Labute approximate surface area is 254 Å². The maximum Gasteiger partial charge on any atom is 1.00 e. The van der Waals surface area contributed by atoms with E-state index in [-0.39, 0.29) is 44.9 Å². The normalized spacial score (nSPS) is 11.8. The van der Waals surface area contributed by atoms with Gasteiger partial charge in [0.05, 0.1) is 21.9 Å². The van der Waals surface area contributed by atoms with Gasteiger partial charge in [-0.15, -0.1) is 0 Å². The van der Waals surface area contributed by atoms with Crippen LogP contribution in [0.5, 0.6) is 5.75 Å². The molecule has 0 aliphatic heterocycles. The monoisotopic (exact) mass is 573 g/mol. The minimum Gasteiger partial charge on any atom is -0.545 e. The molecule has 0 aromatic heterocycles. The summed E-state index contributed by atoms with van der Waals surface area (Å²) in [6.07, 6.45) is -0.695. The van der Waals surface area contributed by atoms with E-state index in [1.165, 1.54) is 36.4 Å². The molecule has 4 aromatic rings. The number of ether oxygens (including phenoxy) is 1. The number of hydrogen-bond donors (Lipinski definition) is 2. The molecule has 0 amide bonds. The quantitative estimate of drug-likeness (QED) is 0.202. The summed E-state index contributed by atoms with van der Waals surface area (Å²) >= 11 is 5.95. The summed E-state index contributed by atoms with van der Waals surface area (Å²) in [5.41, 5.74) is 2.10. The molecule has 0 aliphatic carbocycles. The molecule has 10 heteroatoms. The third-order valence-corrected chi connectivity index (χ3v) is 7.87. The summed E-state index contributed by atoms with van der Waals surface area (Å²) in [6.45, 7) is 1.15. The minimum atomic E-state index is -3.75. The number of carboxylic acid groups (broad SMARTS) is 1. The fourth-order valence-corrected chi connectivity index (χ4v) is 5.27. The Morgan fingerprint density at radius 1 is 0.897 bits per heavy atom. The second kappa shape index (κ2) is 14.1. The number of carbonyl (C=O) groups excluding carboxylic acids is 1. The Kier molecular flexibility index (Phi) is 11.1. The number of carbonyl (C=O) groups is 1. The molecule has 7 nitrogen and oxygen atoms in total. The van der Waals surface area contributed by atoms with Crippen molar-refractivity contribution < 1.29 is 57.7 Å². The zero-order valence-electron chi connectivity index (χ0n) is 21.2. The van der Waals surface area contributed by atoms with Crippen molar-refractivity contribution in [2.75, 3.05) is 19.7 Å². The number of carboxylic acids is 1. The zero-order valence-corrected chi connectivity index (χ0v) is 24.8. The first-order valence-corrected chi connectivity index (χ1v) is 13.6. The van der Waals surface area contributed by atoms with Crippen LogP contribution in [0.25, 0.3) is 11.1 Å². The van der Waals surface area contributed by atoms with Crippen molar-refractivity contribution in [1.82, 2.24) is 5.32 Å². The van der Waals surface area contributed by atoms with Crippen LogP contribution in [-0.2, 0) is 9.84 Å². The first kappa shape index (κ1) is 30.8. The summed E-state index contributed by atoms with van der Waals surface area (Å²) in [7, 11) is -3.75. The van der Waals surface area contributed by atoms with Crippen molar-refractivity contribution in [3.8, 4) is 16.9 Å². The van der Waals surface area contributed by atoms with E-state index in [4.69, 9.17) is 16.3 Å². The molecule has 0 heterocycles. The van der Waals surface area contributed by atoms with Crippen LogP contribution in [0, 0.1) is 0 Å². The SMILES string of the molecule is O=C([O-])c1cccc(-c2ccc(S(=O)(=O)c3ccc(OCCNC[C@H](O)c4cccc(Cl)c4)cc3)cc2)c1.[Na+]. The number of nitrogens with one attached hydrogen (secondary N) is 1. The minimum absolute atomic E-state index is 0. The van der Waals surface area contributed by atoms with Crippen molar-refractivity contribution >= 4 is 27.4 Å². The number of sulfone groups is 1. The molecule has 196 valence electrons. The maximum absolute atomic E-state index is 13.1. The van der Waals surface area contributed by atoms with Crippen LogP contribution in [0.1, 0.15) is 22.0 Å². The molecule has 0 unspecified atom stereocenters. The summed E-state index contributed by atoms with van der Waals surface area (Å²) in [4.78, 5) is 11.3. The van der Waals surface area contributed by atoms with E-state index in [0.717, 1.165) is 5.56 Å². The van der Waals surface area contributed by atoms with Gasteiger partial charge in [-0.25, -0.2) is 8.42 Å². The first-order valence-electron chi connectivity index (χ1n) is 11.8. The molecule has 4 aromatic carbocycles. The van der Waals surface area contributed by atoms with Gasteiger partial charge in [-0.1, -0.05) is 54.1 Å². The molecule has 0 aliphatic rings. The Morgan fingerprint density at radius 2 is 1.54 bits per heavy atom. The second-order valence-corrected chi connectivity index (χ2v) is 10.9. The number of hydrogen-bond acceptors (Lipinski definition) is 7. The van der Waals surface area contributed by atoms with Crippen LogP contribution in [0.3, 0.4) is 0 Å². The summed E-state index contributed by atoms with van der Waals surface area (Å²) in [5, 5.41) is 25.0. The van der Waals surface area contributed by atoms with Crippen LogP contribution >= 0.6 is 11.6 Å². The Hall–Kier alpha value is -2.69. The van der Waals surface area contributed by atoms with Gasteiger partial charge in [0.2, 0.25) is 9.84 Å². The summed E-state index contributed by atoms with van der Waals surface area (Å²) in [6, 6.07) is 25.7. The topological polar surface area (TPSA) is 116 Å². The second-order valence-electron chi connectivity index (χ2n) is 8.49. The molecule has 2 N–H and O–H groups in total. The zero-order chi connectivity index (χ0) is 27.1. The Balaban J connectivity index is 0.00000420. The molecule has 4 rings (SSSR count). The average molecular weight is 574 g/mol. The van der Waals surface area contributed by atoms with Crippen LogP contribution in [0.2, 0.25) is 5.02 Å². The molecule has 0 spiro atoms. The van der Waals surface area contributed by atoms with Gasteiger partial charge in [0.15, 0.2) is 0 Å². The molecular formula is C29H25ClNNaO6S. The summed E-state index contributed by atoms with van der Waals surface area (Å²) < 4.78 is 31.8. The first-order chi connectivity index (χ1) is 18.2. The number of aromatic carboxylic acids is 1. The van der Waals surface area contributed by atoms with E-state index in [0.29, 0.717) is 41.6 Å². The van der Waals surface area contributed by atoms with Crippen LogP contribution < -0.4 is 44.7 Å². The smallest absolute Gasteiger partial charge is 0.545 e.